The lowest BCUT2D eigenvalue weighted by atomic mass is 10.2. The quantitative estimate of drug-likeness (QED) is 0.732. The van der Waals surface area contributed by atoms with E-state index in [1.165, 1.54) is 25.7 Å². The predicted molar refractivity (Wildman–Crippen MR) is 61.2 cm³/mol. The van der Waals surface area contributed by atoms with Gasteiger partial charge in [0.1, 0.15) is 0 Å². The summed E-state index contributed by atoms with van der Waals surface area (Å²) in [6.45, 7) is 1.75. The summed E-state index contributed by atoms with van der Waals surface area (Å²) in [5.74, 6) is 0. The van der Waals surface area contributed by atoms with E-state index in [0.717, 1.165) is 26.1 Å². The van der Waals surface area contributed by atoms with E-state index in [1.807, 2.05) is 0 Å². The summed E-state index contributed by atoms with van der Waals surface area (Å²) in [5, 5.41) is 0. The molecule has 0 aromatic rings. The Balaban J connectivity index is 0.000000160. The third-order valence-electron chi connectivity index (χ3n) is 2.80. The molecule has 0 spiro atoms. The highest BCUT2D eigenvalue weighted by Gasteiger charge is 2.11. The number of methoxy groups -OCH3 is 2. The lowest BCUT2D eigenvalue weighted by Gasteiger charge is -2.20. The van der Waals surface area contributed by atoms with Crippen LogP contribution in [0.4, 0.5) is 0 Å². The first-order valence-electron chi connectivity index (χ1n) is 6.15. The molecular weight excluding hydrogens is 208 g/mol. The lowest BCUT2D eigenvalue weighted by Crippen LogP contribution is -2.20. The van der Waals surface area contributed by atoms with Crippen LogP contribution < -0.4 is 0 Å². The van der Waals surface area contributed by atoms with Gasteiger partial charge in [-0.05, 0) is 38.5 Å². The van der Waals surface area contributed by atoms with Crippen molar-refractivity contribution in [2.75, 3.05) is 27.4 Å². The molecular formula is C12H24O4. The summed E-state index contributed by atoms with van der Waals surface area (Å²) in [4.78, 5) is 0. The molecule has 0 amide bonds. The number of hydrogen-bond donors (Lipinski definition) is 0. The Labute approximate surface area is 98.2 Å². The molecule has 2 fully saturated rings. The van der Waals surface area contributed by atoms with Crippen LogP contribution in [0.15, 0.2) is 0 Å². The average Bonchev–Trinajstić information content (AvgIpc) is 2.41. The Morgan fingerprint density at radius 1 is 0.750 bits per heavy atom. The van der Waals surface area contributed by atoms with E-state index in [2.05, 4.69) is 0 Å². The Kier molecular flexibility index (Phi) is 7.76. The van der Waals surface area contributed by atoms with Gasteiger partial charge in [0.15, 0.2) is 12.6 Å². The van der Waals surface area contributed by atoms with Crippen LogP contribution in [-0.4, -0.2) is 40.0 Å². The molecule has 0 radical (unpaired) electrons. The molecule has 0 saturated carbocycles. The predicted octanol–water partition coefficient (Wildman–Crippen LogP) is 2.32. The van der Waals surface area contributed by atoms with Gasteiger partial charge in [-0.25, -0.2) is 0 Å². The highest BCUT2D eigenvalue weighted by molar-refractivity contribution is 4.52. The first kappa shape index (κ1) is 13.9. The summed E-state index contributed by atoms with van der Waals surface area (Å²) in [6.07, 6.45) is 7.19. The van der Waals surface area contributed by atoms with Crippen LogP contribution in [0.5, 0.6) is 0 Å². The summed E-state index contributed by atoms with van der Waals surface area (Å²) in [6, 6.07) is 0. The van der Waals surface area contributed by atoms with Crippen molar-refractivity contribution in [2.45, 2.75) is 51.1 Å². The third kappa shape index (κ3) is 5.80. The molecule has 0 N–H and O–H groups in total. The normalized spacial score (nSPS) is 30.4. The molecule has 0 aliphatic carbocycles. The van der Waals surface area contributed by atoms with Crippen molar-refractivity contribution in [3.05, 3.63) is 0 Å². The maximum atomic E-state index is 5.20. The molecule has 2 aliphatic rings. The summed E-state index contributed by atoms with van der Waals surface area (Å²) >= 11 is 0. The van der Waals surface area contributed by atoms with Gasteiger partial charge in [-0.2, -0.15) is 0 Å². The minimum absolute atomic E-state index is 0.0868. The van der Waals surface area contributed by atoms with E-state index >= 15 is 0 Å². The maximum Gasteiger partial charge on any atom is 0.157 e. The number of rotatable bonds is 2. The number of ether oxygens (including phenoxy) is 4. The van der Waals surface area contributed by atoms with Crippen molar-refractivity contribution < 1.29 is 18.9 Å². The molecule has 2 heterocycles. The first-order valence-corrected chi connectivity index (χ1v) is 6.15. The second-order valence-electron chi connectivity index (χ2n) is 4.06. The average molecular weight is 232 g/mol. The van der Waals surface area contributed by atoms with Crippen molar-refractivity contribution in [1.82, 2.24) is 0 Å². The Morgan fingerprint density at radius 3 is 1.38 bits per heavy atom. The molecule has 2 unspecified atom stereocenters. The van der Waals surface area contributed by atoms with Gasteiger partial charge in [0.2, 0.25) is 0 Å². The van der Waals surface area contributed by atoms with Gasteiger partial charge in [-0.1, -0.05) is 0 Å². The second-order valence-corrected chi connectivity index (χ2v) is 4.06. The van der Waals surface area contributed by atoms with E-state index in [4.69, 9.17) is 18.9 Å². The van der Waals surface area contributed by atoms with Gasteiger partial charge in [0, 0.05) is 27.4 Å². The van der Waals surface area contributed by atoms with Crippen LogP contribution in [0.25, 0.3) is 0 Å². The van der Waals surface area contributed by atoms with E-state index in [-0.39, 0.29) is 12.6 Å². The molecule has 2 rings (SSSR count). The zero-order valence-electron chi connectivity index (χ0n) is 10.4. The molecule has 2 atom stereocenters. The zero-order chi connectivity index (χ0) is 11.6. The van der Waals surface area contributed by atoms with Crippen molar-refractivity contribution in [3.8, 4) is 0 Å². The van der Waals surface area contributed by atoms with Crippen LogP contribution in [0, 0.1) is 0 Å². The van der Waals surface area contributed by atoms with E-state index in [0.29, 0.717) is 0 Å². The minimum atomic E-state index is 0.0868. The van der Waals surface area contributed by atoms with Gasteiger partial charge >= 0.3 is 0 Å². The van der Waals surface area contributed by atoms with Gasteiger partial charge in [-0.3, -0.25) is 0 Å². The van der Waals surface area contributed by atoms with Crippen LogP contribution in [-0.2, 0) is 18.9 Å². The molecule has 0 bridgehead atoms. The molecule has 16 heavy (non-hydrogen) atoms. The number of hydrogen-bond acceptors (Lipinski definition) is 4. The van der Waals surface area contributed by atoms with Crippen molar-refractivity contribution in [1.29, 1.82) is 0 Å². The fourth-order valence-electron chi connectivity index (χ4n) is 1.79. The van der Waals surface area contributed by atoms with Crippen molar-refractivity contribution >= 4 is 0 Å². The van der Waals surface area contributed by atoms with Crippen LogP contribution >= 0.6 is 0 Å². The Hall–Kier alpha value is -0.160. The fraction of sp³-hybridized carbons (Fsp3) is 1.00. The highest BCUT2D eigenvalue weighted by Crippen LogP contribution is 2.12. The van der Waals surface area contributed by atoms with Crippen LogP contribution in [0.3, 0.4) is 0 Å². The SMILES string of the molecule is COC1CCCCO1.COC1CCCCO1. The largest absolute Gasteiger partial charge is 0.356 e. The highest BCUT2D eigenvalue weighted by atomic mass is 16.7. The molecule has 2 aliphatic heterocycles. The van der Waals surface area contributed by atoms with Crippen LogP contribution in [0.1, 0.15) is 38.5 Å². The van der Waals surface area contributed by atoms with Crippen molar-refractivity contribution in [2.24, 2.45) is 0 Å². The molecule has 4 heteroatoms. The van der Waals surface area contributed by atoms with Gasteiger partial charge in [0.05, 0.1) is 0 Å². The lowest BCUT2D eigenvalue weighted by molar-refractivity contribution is -0.145. The molecule has 96 valence electrons. The molecule has 2 saturated heterocycles. The van der Waals surface area contributed by atoms with Gasteiger partial charge in [-0.15, -0.1) is 0 Å². The third-order valence-corrected chi connectivity index (χ3v) is 2.80. The van der Waals surface area contributed by atoms with E-state index < -0.39 is 0 Å². The maximum absolute atomic E-state index is 5.20. The topological polar surface area (TPSA) is 36.9 Å². The molecule has 4 nitrogen and oxygen atoms in total. The van der Waals surface area contributed by atoms with E-state index in [9.17, 15) is 0 Å². The van der Waals surface area contributed by atoms with Crippen LogP contribution in [0.2, 0.25) is 0 Å². The molecule has 0 aromatic carbocycles. The second kappa shape index (κ2) is 8.93. The molecule has 0 aromatic heterocycles. The van der Waals surface area contributed by atoms with E-state index in [1.54, 1.807) is 14.2 Å². The van der Waals surface area contributed by atoms with Crippen molar-refractivity contribution in [3.63, 3.8) is 0 Å². The summed E-state index contributed by atoms with van der Waals surface area (Å²) in [7, 11) is 3.38. The zero-order valence-corrected chi connectivity index (χ0v) is 10.4. The smallest absolute Gasteiger partial charge is 0.157 e. The van der Waals surface area contributed by atoms with Gasteiger partial charge < -0.3 is 18.9 Å². The summed E-state index contributed by atoms with van der Waals surface area (Å²) < 4.78 is 20.3. The monoisotopic (exact) mass is 232 g/mol. The fourth-order valence-corrected chi connectivity index (χ4v) is 1.79. The Bertz CT molecular complexity index is 133. The minimum Gasteiger partial charge on any atom is -0.356 e. The van der Waals surface area contributed by atoms with Gasteiger partial charge in [0.25, 0.3) is 0 Å². The standard InChI is InChI=1S/2C6H12O2/c2*1-7-6-4-2-3-5-8-6/h2*6H,2-5H2,1H3. The summed E-state index contributed by atoms with van der Waals surface area (Å²) in [5.41, 5.74) is 0. The Morgan fingerprint density at radius 2 is 1.19 bits per heavy atom. The first-order chi connectivity index (χ1) is 7.86.